The Hall–Kier alpha value is -3.60. The zero-order valence-electron chi connectivity index (χ0n) is 15.1. The Kier molecular flexibility index (Phi) is 4.34. The minimum atomic E-state index is -0.176. The topological polar surface area (TPSA) is 56.1 Å². The lowest BCUT2D eigenvalue weighted by molar-refractivity contribution is 0.102. The second kappa shape index (κ2) is 6.96. The summed E-state index contributed by atoms with van der Waals surface area (Å²) in [5.74, 6) is 0.497. The van der Waals surface area contributed by atoms with Crippen LogP contribution in [0.25, 0.3) is 22.0 Å². The van der Waals surface area contributed by atoms with Crippen molar-refractivity contribution in [3.8, 4) is 17.0 Å². The van der Waals surface area contributed by atoms with E-state index in [1.807, 2.05) is 67.7 Å². The number of rotatable bonds is 4. The van der Waals surface area contributed by atoms with E-state index in [0.29, 0.717) is 11.4 Å². The summed E-state index contributed by atoms with van der Waals surface area (Å²) in [6.07, 6.45) is 0. The fourth-order valence-corrected chi connectivity index (χ4v) is 3.22. The Morgan fingerprint density at radius 2 is 1.74 bits per heavy atom. The van der Waals surface area contributed by atoms with E-state index in [9.17, 15) is 4.79 Å². The summed E-state index contributed by atoms with van der Waals surface area (Å²) < 4.78 is 7.02. The molecule has 0 atom stereocenters. The zero-order chi connectivity index (χ0) is 18.8. The van der Waals surface area contributed by atoms with Crippen LogP contribution in [0.2, 0.25) is 0 Å². The second-order valence-corrected chi connectivity index (χ2v) is 6.23. The molecule has 5 heteroatoms. The lowest BCUT2D eigenvalue weighted by Crippen LogP contribution is -2.12. The van der Waals surface area contributed by atoms with Gasteiger partial charge in [-0.05, 0) is 29.8 Å². The number of amides is 1. The first-order valence-corrected chi connectivity index (χ1v) is 8.64. The summed E-state index contributed by atoms with van der Waals surface area (Å²) in [4.78, 5) is 12.8. The van der Waals surface area contributed by atoms with Crippen LogP contribution in [0.5, 0.6) is 5.88 Å². The van der Waals surface area contributed by atoms with Crippen molar-refractivity contribution in [1.29, 1.82) is 0 Å². The molecule has 27 heavy (non-hydrogen) atoms. The number of benzene rings is 3. The Morgan fingerprint density at radius 3 is 2.52 bits per heavy atom. The maximum Gasteiger partial charge on any atom is 0.255 e. The van der Waals surface area contributed by atoms with Crippen molar-refractivity contribution < 1.29 is 9.53 Å². The van der Waals surface area contributed by atoms with Crippen molar-refractivity contribution in [1.82, 2.24) is 9.78 Å². The highest BCUT2D eigenvalue weighted by atomic mass is 16.5. The van der Waals surface area contributed by atoms with Gasteiger partial charge in [-0.3, -0.25) is 4.79 Å². The minimum Gasteiger partial charge on any atom is -0.481 e. The number of fused-ring (bicyclic) bond motifs is 1. The number of nitrogens with zero attached hydrogens (tertiary/aromatic N) is 2. The van der Waals surface area contributed by atoms with Gasteiger partial charge in [0.2, 0.25) is 5.88 Å². The summed E-state index contributed by atoms with van der Waals surface area (Å²) in [5, 5.41) is 8.31. The number of hydrogen-bond acceptors (Lipinski definition) is 3. The zero-order valence-corrected chi connectivity index (χ0v) is 15.1. The van der Waals surface area contributed by atoms with Crippen LogP contribution in [0, 0.1) is 0 Å². The predicted molar refractivity (Wildman–Crippen MR) is 107 cm³/mol. The maximum atomic E-state index is 12.8. The van der Waals surface area contributed by atoms with Gasteiger partial charge in [0.15, 0.2) is 0 Å². The van der Waals surface area contributed by atoms with Gasteiger partial charge in [-0.25, -0.2) is 4.68 Å². The van der Waals surface area contributed by atoms with Crippen LogP contribution in [0.3, 0.4) is 0 Å². The first-order chi connectivity index (χ1) is 13.2. The molecule has 0 saturated carbocycles. The third-order valence-electron chi connectivity index (χ3n) is 4.50. The van der Waals surface area contributed by atoms with E-state index in [4.69, 9.17) is 4.74 Å². The predicted octanol–water partition coefficient (Wildman–Crippen LogP) is 4.50. The molecule has 1 heterocycles. The molecule has 5 nitrogen and oxygen atoms in total. The molecule has 0 unspecified atom stereocenters. The smallest absolute Gasteiger partial charge is 0.255 e. The molecule has 134 valence electrons. The van der Waals surface area contributed by atoms with Gasteiger partial charge < -0.3 is 10.1 Å². The quantitative estimate of drug-likeness (QED) is 0.585. The summed E-state index contributed by atoms with van der Waals surface area (Å²) in [5.41, 5.74) is 4.07. The van der Waals surface area contributed by atoms with Gasteiger partial charge in [-0.2, -0.15) is 5.10 Å². The van der Waals surface area contributed by atoms with Crippen LogP contribution in [0.1, 0.15) is 10.4 Å². The molecule has 0 radical (unpaired) electrons. The molecule has 0 aliphatic heterocycles. The first-order valence-electron chi connectivity index (χ1n) is 8.64. The van der Waals surface area contributed by atoms with Gasteiger partial charge in [0.25, 0.3) is 5.91 Å². The third-order valence-corrected chi connectivity index (χ3v) is 4.50. The molecule has 0 fully saturated rings. The number of aromatic nitrogens is 2. The van der Waals surface area contributed by atoms with Crippen LogP contribution in [-0.2, 0) is 7.05 Å². The molecule has 0 aliphatic carbocycles. The Bertz CT molecular complexity index is 1120. The van der Waals surface area contributed by atoms with Crippen molar-refractivity contribution in [3.63, 3.8) is 0 Å². The van der Waals surface area contributed by atoms with E-state index in [2.05, 4.69) is 10.4 Å². The molecule has 0 saturated heterocycles. The number of anilines is 1. The normalized spacial score (nSPS) is 10.7. The monoisotopic (exact) mass is 357 g/mol. The van der Waals surface area contributed by atoms with Crippen LogP contribution < -0.4 is 10.1 Å². The average Bonchev–Trinajstić information content (AvgIpc) is 3.03. The van der Waals surface area contributed by atoms with Crippen LogP contribution in [0.4, 0.5) is 5.69 Å². The van der Waals surface area contributed by atoms with Gasteiger partial charge in [0.05, 0.1) is 18.0 Å². The highest BCUT2D eigenvalue weighted by Crippen LogP contribution is 2.29. The Morgan fingerprint density at radius 1 is 1.00 bits per heavy atom. The largest absolute Gasteiger partial charge is 0.481 e. The molecule has 0 aliphatic rings. The van der Waals surface area contributed by atoms with Crippen LogP contribution >= 0.6 is 0 Å². The number of para-hydroxylation sites is 1. The molecule has 3 aromatic carbocycles. The average molecular weight is 357 g/mol. The summed E-state index contributed by atoms with van der Waals surface area (Å²) in [6, 6.07) is 23.2. The third kappa shape index (κ3) is 3.15. The molecular weight excluding hydrogens is 338 g/mol. The first kappa shape index (κ1) is 16.8. The van der Waals surface area contributed by atoms with Gasteiger partial charge in [-0.1, -0.05) is 48.5 Å². The molecule has 0 bridgehead atoms. The van der Waals surface area contributed by atoms with E-state index in [-0.39, 0.29) is 5.91 Å². The molecular formula is C22H19N3O2. The second-order valence-electron chi connectivity index (χ2n) is 6.23. The number of carbonyl (C=O) groups excluding carboxylic acids is 1. The molecule has 0 spiro atoms. The van der Waals surface area contributed by atoms with Crippen molar-refractivity contribution in [2.75, 3.05) is 12.4 Å². The van der Waals surface area contributed by atoms with Crippen molar-refractivity contribution in [3.05, 3.63) is 78.4 Å². The molecule has 4 rings (SSSR count). The van der Waals surface area contributed by atoms with E-state index < -0.39 is 0 Å². The van der Waals surface area contributed by atoms with E-state index in [1.54, 1.807) is 23.9 Å². The van der Waals surface area contributed by atoms with Gasteiger partial charge in [0.1, 0.15) is 0 Å². The summed E-state index contributed by atoms with van der Waals surface area (Å²) in [6.45, 7) is 0. The van der Waals surface area contributed by atoms with Gasteiger partial charge in [-0.15, -0.1) is 0 Å². The highest BCUT2D eigenvalue weighted by Gasteiger charge is 2.14. The molecule has 1 amide bonds. The fourth-order valence-electron chi connectivity index (χ4n) is 3.22. The standard InChI is InChI=1S/C22H19N3O2/c1-25-22(27-2)18-13-12-16(14-20(18)24-25)21(26)23-19-11-7-6-10-17(19)15-8-4-3-5-9-15/h3-14H,1-2H3,(H,23,26). The van der Waals surface area contributed by atoms with Gasteiger partial charge >= 0.3 is 0 Å². The summed E-state index contributed by atoms with van der Waals surface area (Å²) >= 11 is 0. The number of carbonyl (C=O) groups is 1. The van der Waals surface area contributed by atoms with Crippen LogP contribution in [-0.4, -0.2) is 22.8 Å². The van der Waals surface area contributed by atoms with E-state index in [1.165, 1.54) is 0 Å². The number of hydrogen-bond donors (Lipinski definition) is 1. The maximum absolute atomic E-state index is 12.8. The number of ether oxygens (including phenoxy) is 1. The van der Waals surface area contributed by atoms with E-state index >= 15 is 0 Å². The van der Waals surface area contributed by atoms with Crippen molar-refractivity contribution in [2.24, 2.45) is 7.05 Å². The molecule has 1 N–H and O–H groups in total. The van der Waals surface area contributed by atoms with Crippen LogP contribution in [0.15, 0.2) is 72.8 Å². The Labute approximate surface area is 157 Å². The highest BCUT2D eigenvalue weighted by molar-refractivity contribution is 6.08. The number of aryl methyl sites for hydroxylation is 1. The summed E-state index contributed by atoms with van der Waals surface area (Å²) in [7, 11) is 3.42. The van der Waals surface area contributed by atoms with Crippen molar-refractivity contribution in [2.45, 2.75) is 0 Å². The molecule has 1 aromatic heterocycles. The number of methoxy groups -OCH3 is 1. The Balaban J connectivity index is 1.66. The SMILES string of the molecule is COc1c2ccc(C(=O)Nc3ccccc3-c3ccccc3)cc2nn1C. The fraction of sp³-hybridized carbons (Fsp3) is 0.0909. The van der Waals surface area contributed by atoms with Crippen molar-refractivity contribution >= 4 is 22.5 Å². The molecule has 4 aromatic rings. The lowest BCUT2D eigenvalue weighted by Gasteiger charge is -2.11. The van der Waals surface area contributed by atoms with Gasteiger partial charge in [0, 0.05) is 23.9 Å². The minimum absolute atomic E-state index is 0.176. The lowest BCUT2D eigenvalue weighted by atomic mass is 10.0. The number of nitrogens with one attached hydrogen (secondary N) is 1. The van der Waals surface area contributed by atoms with E-state index in [0.717, 1.165) is 27.7 Å².